The molecule has 0 aromatic heterocycles. The molecular weight excluding hydrogens is 228 g/mol. The van der Waals surface area contributed by atoms with Crippen LogP contribution in [0.3, 0.4) is 0 Å². The normalized spacial score (nSPS) is 24.3. The monoisotopic (exact) mass is 256 g/mol. The zero-order valence-corrected chi connectivity index (χ0v) is 12.2. The van der Waals surface area contributed by atoms with E-state index in [2.05, 4.69) is 20.8 Å². The number of hydrogen-bond acceptors (Lipinski definition) is 3. The SMILES string of the molecule is CCCN(CC(C)(C)CN)C(=O)C1COC(C)C1. The molecule has 0 radical (unpaired) electrons. The fourth-order valence-electron chi connectivity index (χ4n) is 2.37. The Hall–Kier alpha value is -0.610. The molecule has 1 heterocycles. The summed E-state index contributed by atoms with van der Waals surface area (Å²) in [7, 11) is 0. The van der Waals surface area contributed by atoms with Gasteiger partial charge >= 0.3 is 0 Å². The van der Waals surface area contributed by atoms with Gasteiger partial charge in [-0.15, -0.1) is 0 Å². The highest BCUT2D eigenvalue weighted by Gasteiger charge is 2.33. The summed E-state index contributed by atoms with van der Waals surface area (Å²) < 4.78 is 5.50. The van der Waals surface area contributed by atoms with Crippen molar-refractivity contribution in [3.05, 3.63) is 0 Å². The van der Waals surface area contributed by atoms with E-state index in [1.807, 2.05) is 11.8 Å². The van der Waals surface area contributed by atoms with Crippen LogP contribution in [0.15, 0.2) is 0 Å². The molecule has 1 aliphatic rings. The van der Waals surface area contributed by atoms with Crippen molar-refractivity contribution >= 4 is 5.91 Å². The minimum atomic E-state index is -0.0179. The molecule has 2 atom stereocenters. The van der Waals surface area contributed by atoms with Gasteiger partial charge in [0.05, 0.1) is 18.6 Å². The summed E-state index contributed by atoms with van der Waals surface area (Å²) in [6.45, 7) is 11.1. The van der Waals surface area contributed by atoms with Crippen LogP contribution in [0.5, 0.6) is 0 Å². The van der Waals surface area contributed by atoms with E-state index in [1.54, 1.807) is 0 Å². The molecule has 1 fully saturated rings. The van der Waals surface area contributed by atoms with Gasteiger partial charge < -0.3 is 15.4 Å². The molecule has 4 heteroatoms. The van der Waals surface area contributed by atoms with Crippen molar-refractivity contribution < 1.29 is 9.53 Å². The van der Waals surface area contributed by atoms with Crippen LogP contribution >= 0.6 is 0 Å². The third-order valence-electron chi connectivity index (χ3n) is 3.52. The van der Waals surface area contributed by atoms with E-state index in [9.17, 15) is 4.79 Å². The van der Waals surface area contributed by atoms with Gasteiger partial charge in [-0.1, -0.05) is 20.8 Å². The van der Waals surface area contributed by atoms with Crippen molar-refractivity contribution in [3.8, 4) is 0 Å². The third kappa shape index (κ3) is 4.25. The van der Waals surface area contributed by atoms with Crippen LogP contribution in [0, 0.1) is 11.3 Å². The summed E-state index contributed by atoms with van der Waals surface area (Å²) in [5.41, 5.74) is 5.75. The van der Waals surface area contributed by atoms with Crippen molar-refractivity contribution in [2.45, 2.75) is 46.6 Å². The first kappa shape index (κ1) is 15.4. The summed E-state index contributed by atoms with van der Waals surface area (Å²) in [6, 6.07) is 0. The number of hydrogen-bond donors (Lipinski definition) is 1. The number of carbonyl (C=O) groups is 1. The van der Waals surface area contributed by atoms with Crippen molar-refractivity contribution in [2.24, 2.45) is 17.1 Å². The second kappa shape index (κ2) is 6.53. The van der Waals surface area contributed by atoms with Crippen LogP contribution in [-0.2, 0) is 9.53 Å². The van der Waals surface area contributed by atoms with Gasteiger partial charge in [-0.25, -0.2) is 0 Å². The molecular formula is C14H28N2O2. The molecule has 0 saturated carbocycles. The molecule has 18 heavy (non-hydrogen) atoms. The van der Waals surface area contributed by atoms with Crippen LogP contribution in [0.25, 0.3) is 0 Å². The molecule has 4 nitrogen and oxygen atoms in total. The maximum Gasteiger partial charge on any atom is 0.228 e. The average Bonchev–Trinajstić information content (AvgIpc) is 2.74. The Morgan fingerprint density at radius 1 is 1.50 bits per heavy atom. The van der Waals surface area contributed by atoms with E-state index in [1.165, 1.54) is 0 Å². The number of ether oxygens (including phenoxy) is 1. The molecule has 106 valence electrons. The summed E-state index contributed by atoms with van der Waals surface area (Å²) in [5, 5.41) is 0. The summed E-state index contributed by atoms with van der Waals surface area (Å²) in [5.74, 6) is 0.280. The molecule has 1 saturated heterocycles. The Labute approximate surface area is 111 Å². The fraction of sp³-hybridized carbons (Fsp3) is 0.929. The minimum absolute atomic E-state index is 0.0179. The topological polar surface area (TPSA) is 55.6 Å². The number of rotatable bonds is 6. The molecule has 0 spiro atoms. The van der Waals surface area contributed by atoms with Gasteiger partial charge in [0.25, 0.3) is 0 Å². The second-order valence-electron chi connectivity index (χ2n) is 6.20. The zero-order chi connectivity index (χ0) is 13.8. The lowest BCUT2D eigenvalue weighted by atomic mass is 9.92. The highest BCUT2D eigenvalue weighted by atomic mass is 16.5. The van der Waals surface area contributed by atoms with Gasteiger partial charge in [0.2, 0.25) is 5.91 Å². The van der Waals surface area contributed by atoms with Crippen LogP contribution in [-0.4, -0.2) is 43.2 Å². The van der Waals surface area contributed by atoms with Crippen molar-refractivity contribution in [2.75, 3.05) is 26.2 Å². The van der Waals surface area contributed by atoms with Gasteiger partial charge in [-0.05, 0) is 31.7 Å². The van der Waals surface area contributed by atoms with E-state index in [-0.39, 0.29) is 23.3 Å². The number of nitrogens with two attached hydrogens (primary N) is 1. The van der Waals surface area contributed by atoms with Crippen molar-refractivity contribution in [1.82, 2.24) is 4.90 Å². The van der Waals surface area contributed by atoms with E-state index in [0.717, 1.165) is 25.9 Å². The molecule has 0 bridgehead atoms. The lowest BCUT2D eigenvalue weighted by molar-refractivity contribution is -0.136. The summed E-state index contributed by atoms with van der Waals surface area (Å²) in [6.07, 6.45) is 2.04. The largest absolute Gasteiger partial charge is 0.378 e. The molecule has 1 aliphatic heterocycles. The highest BCUT2D eigenvalue weighted by molar-refractivity contribution is 5.79. The molecule has 1 rings (SSSR count). The molecule has 0 aliphatic carbocycles. The van der Waals surface area contributed by atoms with Crippen molar-refractivity contribution in [3.63, 3.8) is 0 Å². The van der Waals surface area contributed by atoms with Gasteiger partial charge in [-0.3, -0.25) is 4.79 Å². The standard InChI is InChI=1S/C14H28N2O2/c1-5-6-16(10-14(3,4)9-15)13(17)12-7-11(2)18-8-12/h11-12H,5-10,15H2,1-4H3. The quantitative estimate of drug-likeness (QED) is 0.786. The first-order valence-corrected chi connectivity index (χ1v) is 7.00. The summed E-state index contributed by atoms with van der Waals surface area (Å²) >= 11 is 0. The molecule has 0 aromatic carbocycles. The maximum absolute atomic E-state index is 12.5. The zero-order valence-electron chi connectivity index (χ0n) is 12.2. The number of amides is 1. The first-order valence-electron chi connectivity index (χ1n) is 7.00. The van der Waals surface area contributed by atoms with Gasteiger partial charge in [0.15, 0.2) is 0 Å². The van der Waals surface area contributed by atoms with E-state index >= 15 is 0 Å². The van der Waals surface area contributed by atoms with Gasteiger partial charge in [0.1, 0.15) is 0 Å². The Morgan fingerprint density at radius 2 is 2.17 bits per heavy atom. The molecule has 0 aromatic rings. The Kier molecular flexibility index (Phi) is 5.60. The minimum Gasteiger partial charge on any atom is -0.378 e. The van der Waals surface area contributed by atoms with E-state index < -0.39 is 0 Å². The van der Waals surface area contributed by atoms with Crippen LogP contribution in [0.2, 0.25) is 0 Å². The second-order valence-corrected chi connectivity index (χ2v) is 6.20. The van der Waals surface area contributed by atoms with Gasteiger partial charge in [-0.2, -0.15) is 0 Å². The van der Waals surface area contributed by atoms with Gasteiger partial charge in [0, 0.05) is 13.1 Å². The van der Waals surface area contributed by atoms with Crippen LogP contribution in [0.1, 0.15) is 40.5 Å². The summed E-state index contributed by atoms with van der Waals surface area (Å²) in [4.78, 5) is 14.5. The molecule has 1 amide bonds. The predicted octanol–water partition coefficient (Wildman–Crippen LogP) is 1.63. The Bertz CT molecular complexity index is 279. The average molecular weight is 256 g/mol. The third-order valence-corrected chi connectivity index (χ3v) is 3.52. The molecule has 2 unspecified atom stereocenters. The lowest BCUT2D eigenvalue weighted by Gasteiger charge is -2.33. The number of nitrogens with zero attached hydrogens (tertiary/aromatic N) is 1. The number of carbonyl (C=O) groups excluding carboxylic acids is 1. The smallest absolute Gasteiger partial charge is 0.228 e. The lowest BCUT2D eigenvalue weighted by Crippen LogP contribution is -2.45. The maximum atomic E-state index is 12.5. The molecule has 2 N–H and O–H groups in total. The van der Waals surface area contributed by atoms with E-state index in [4.69, 9.17) is 10.5 Å². The predicted molar refractivity (Wildman–Crippen MR) is 73.2 cm³/mol. The fourth-order valence-corrected chi connectivity index (χ4v) is 2.37. The Balaban J connectivity index is 2.63. The van der Waals surface area contributed by atoms with Crippen molar-refractivity contribution in [1.29, 1.82) is 0 Å². The highest BCUT2D eigenvalue weighted by Crippen LogP contribution is 2.23. The first-order chi connectivity index (χ1) is 8.39. The van der Waals surface area contributed by atoms with E-state index in [0.29, 0.717) is 13.2 Å². The van der Waals surface area contributed by atoms with Crippen LogP contribution in [0.4, 0.5) is 0 Å². The Morgan fingerprint density at radius 3 is 2.61 bits per heavy atom. The van der Waals surface area contributed by atoms with Crippen LogP contribution < -0.4 is 5.73 Å².